The molecule has 1 aromatic heterocycles. The summed E-state index contributed by atoms with van der Waals surface area (Å²) in [5.41, 5.74) is -0.513. The van der Waals surface area contributed by atoms with Crippen LogP contribution in [0, 0.1) is 10.5 Å². The molecular formula is C16H10F3IN2O. The maximum absolute atomic E-state index is 12.9. The standard InChI is InChI=1S/C16H10F3IN2O/c1-9-21-14-6-5-11(20)8-13(14)15(23)22(9)12-4-2-3-10(7-12)16(17,18)19/h2-8H,1H3. The van der Waals surface area contributed by atoms with E-state index in [4.69, 9.17) is 0 Å². The first kappa shape index (κ1) is 16.0. The summed E-state index contributed by atoms with van der Waals surface area (Å²) >= 11 is 2.07. The summed E-state index contributed by atoms with van der Waals surface area (Å²) in [6.07, 6.45) is -4.47. The fourth-order valence-electron chi connectivity index (χ4n) is 2.39. The zero-order valence-electron chi connectivity index (χ0n) is 11.9. The molecule has 0 saturated heterocycles. The minimum absolute atomic E-state index is 0.149. The van der Waals surface area contributed by atoms with E-state index in [1.165, 1.54) is 16.7 Å². The van der Waals surface area contributed by atoms with E-state index in [1.807, 2.05) is 6.07 Å². The Balaban J connectivity index is 2.30. The van der Waals surface area contributed by atoms with E-state index in [-0.39, 0.29) is 11.2 Å². The molecule has 0 unspecified atom stereocenters. The Morgan fingerprint density at radius 3 is 2.57 bits per heavy atom. The molecule has 0 atom stereocenters. The van der Waals surface area contributed by atoms with Crippen LogP contribution in [0.1, 0.15) is 11.4 Å². The van der Waals surface area contributed by atoms with Gasteiger partial charge in [0.15, 0.2) is 0 Å². The number of hydrogen-bond donors (Lipinski definition) is 0. The third kappa shape index (κ3) is 2.97. The third-order valence-electron chi connectivity index (χ3n) is 3.43. The number of fused-ring (bicyclic) bond motifs is 1. The first-order valence-electron chi connectivity index (χ1n) is 6.64. The van der Waals surface area contributed by atoms with Crippen molar-refractivity contribution < 1.29 is 13.2 Å². The van der Waals surface area contributed by atoms with E-state index in [0.29, 0.717) is 16.7 Å². The van der Waals surface area contributed by atoms with Crippen molar-refractivity contribution in [3.63, 3.8) is 0 Å². The highest BCUT2D eigenvalue weighted by Gasteiger charge is 2.30. The first-order valence-corrected chi connectivity index (χ1v) is 7.72. The second kappa shape index (κ2) is 5.63. The summed E-state index contributed by atoms with van der Waals surface area (Å²) in [6.45, 7) is 1.60. The highest BCUT2D eigenvalue weighted by Crippen LogP contribution is 2.30. The van der Waals surface area contributed by atoms with Gasteiger partial charge in [-0.25, -0.2) is 4.98 Å². The number of nitrogens with zero attached hydrogens (tertiary/aromatic N) is 2. The Labute approximate surface area is 142 Å². The predicted octanol–water partition coefficient (Wildman–Crippen LogP) is 4.32. The Kier molecular flexibility index (Phi) is 3.91. The third-order valence-corrected chi connectivity index (χ3v) is 4.10. The molecule has 1 heterocycles. The van der Waals surface area contributed by atoms with Crippen LogP contribution in [0.5, 0.6) is 0 Å². The number of alkyl halides is 3. The number of aryl methyl sites for hydroxylation is 1. The Morgan fingerprint density at radius 2 is 1.87 bits per heavy atom. The van der Waals surface area contributed by atoms with Crippen LogP contribution in [0.2, 0.25) is 0 Å². The molecule has 0 N–H and O–H groups in total. The molecule has 23 heavy (non-hydrogen) atoms. The van der Waals surface area contributed by atoms with Crippen molar-refractivity contribution in [2.75, 3.05) is 0 Å². The lowest BCUT2D eigenvalue weighted by molar-refractivity contribution is -0.137. The van der Waals surface area contributed by atoms with Gasteiger partial charge in [0.2, 0.25) is 0 Å². The lowest BCUT2D eigenvalue weighted by Gasteiger charge is -2.13. The van der Waals surface area contributed by atoms with Gasteiger partial charge in [-0.1, -0.05) is 6.07 Å². The zero-order valence-corrected chi connectivity index (χ0v) is 14.0. The molecule has 0 aliphatic rings. The average molecular weight is 430 g/mol. The van der Waals surface area contributed by atoms with Gasteiger partial charge in [-0.15, -0.1) is 0 Å². The van der Waals surface area contributed by atoms with Crippen LogP contribution in [0.15, 0.2) is 47.3 Å². The normalized spacial score (nSPS) is 11.9. The molecule has 0 aliphatic carbocycles. The zero-order chi connectivity index (χ0) is 16.8. The van der Waals surface area contributed by atoms with Crippen LogP contribution < -0.4 is 5.56 Å². The molecular weight excluding hydrogens is 420 g/mol. The Bertz CT molecular complexity index is 964. The highest BCUT2D eigenvalue weighted by atomic mass is 127. The van der Waals surface area contributed by atoms with Gasteiger partial charge in [-0.3, -0.25) is 9.36 Å². The van der Waals surface area contributed by atoms with Crippen LogP contribution in [0.25, 0.3) is 16.6 Å². The van der Waals surface area contributed by atoms with Crippen molar-refractivity contribution in [1.29, 1.82) is 0 Å². The van der Waals surface area contributed by atoms with Gasteiger partial charge in [-0.05, 0) is 65.9 Å². The van der Waals surface area contributed by atoms with Gasteiger partial charge in [0.1, 0.15) is 5.82 Å². The molecule has 0 spiro atoms. The van der Waals surface area contributed by atoms with Crippen molar-refractivity contribution >= 4 is 33.5 Å². The molecule has 0 aliphatic heterocycles. The molecule has 0 fully saturated rings. The van der Waals surface area contributed by atoms with Crippen molar-refractivity contribution in [3.05, 3.63) is 67.8 Å². The largest absolute Gasteiger partial charge is 0.416 e. The molecule has 118 valence electrons. The van der Waals surface area contributed by atoms with Crippen molar-refractivity contribution in [1.82, 2.24) is 9.55 Å². The van der Waals surface area contributed by atoms with Gasteiger partial charge in [0.25, 0.3) is 5.56 Å². The van der Waals surface area contributed by atoms with Gasteiger partial charge in [0, 0.05) is 3.57 Å². The van der Waals surface area contributed by atoms with Crippen LogP contribution in [-0.2, 0) is 6.18 Å². The van der Waals surface area contributed by atoms with E-state index < -0.39 is 11.7 Å². The van der Waals surface area contributed by atoms with E-state index >= 15 is 0 Å². The topological polar surface area (TPSA) is 34.9 Å². The van der Waals surface area contributed by atoms with Gasteiger partial charge in [-0.2, -0.15) is 13.2 Å². The van der Waals surface area contributed by atoms with E-state index in [2.05, 4.69) is 27.6 Å². The highest BCUT2D eigenvalue weighted by molar-refractivity contribution is 14.1. The maximum Gasteiger partial charge on any atom is 0.416 e. The Morgan fingerprint density at radius 1 is 1.13 bits per heavy atom. The molecule has 0 radical (unpaired) electrons. The van der Waals surface area contributed by atoms with Crippen LogP contribution in [0.4, 0.5) is 13.2 Å². The number of rotatable bonds is 1. The Hall–Kier alpha value is -1.90. The molecule has 3 aromatic rings. The van der Waals surface area contributed by atoms with Crippen molar-refractivity contribution in [3.8, 4) is 5.69 Å². The minimum atomic E-state index is -4.47. The monoisotopic (exact) mass is 430 g/mol. The number of halogens is 4. The lowest BCUT2D eigenvalue weighted by Crippen LogP contribution is -2.22. The second-order valence-corrected chi connectivity index (χ2v) is 6.25. The molecule has 0 amide bonds. The molecule has 0 bridgehead atoms. The SMILES string of the molecule is Cc1nc2ccc(I)cc2c(=O)n1-c1cccc(C(F)(F)F)c1. The fraction of sp³-hybridized carbons (Fsp3) is 0.125. The minimum Gasteiger partial charge on any atom is -0.268 e. The summed E-state index contributed by atoms with van der Waals surface area (Å²) < 4.78 is 40.7. The summed E-state index contributed by atoms with van der Waals surface area (Å²) in [5, 5.41) is 0.375. The van der Waals surface area contributed by atoms with E-state index in [9.17, 15) is 18.0 Å². The molecule has 3 rings (SSSR count). The fourth-order valence-corrected chi connectivity index (χ4v) is 2.89. The average Bonchev–Trinajstić information content (AvgIpc) is 2.48. The lowest BCUT2D eigenvalue weighted by atomic mass is 10.2. The number of hydrogen-bond acceptors (Lipinski definition) is 2. The summed E-state index contributed by atoms with van der Waals surface area (Å²) in [7, 11) is 0. The van der Waals surface area contributed by atoms with Crippen LogP contribution in [0.3, 0.4) is 0 Å². The maximum atomic E-state index is 12.9. The van der Waals surface area contributed by atoms with E-state index in [0.717, 1.165) is 15.7 Å². The van der Waals surface area contributed by atoms with Gasteiger partial charge < -0.3 is 0 Å². The molecule has 3 nitrogen and oxygen atoms in total. The molecule has 2 aromatic carbocycles. The molecule has 0 saturated carbocycles. The van der Waals surface area contributed by atoms with Gasteiger partial charge in [0.05, 0.1) is 22.2 Å². The summed E-state index contributed by atoms with van der Waals surface area (Å²) in [4.78, 5) is 17.0. The quantitative estimate of drug-likeness (QED) is 0.540. The van der Waals surface area contributed by atoms with Crippen molar-refractivity contribution in [2.45, 2.75) is 13.1 Å². The van der Waals surface area contributed by atoms with Crippen LogP contribution >= 0.6 is 22.6 Å². The number of benzene rings is 2. The molecule has 7 heteroatoms. The number of aromatic nitrogens is 2. The summed E-state index contributed by atoms with van der Waals surface area (Å²) in [6, 6.07) is 9.89. The van der Waals surface area contributed by atoms with Gasteiger partial charge >= 0.3 is 6.18 Å². The first-order chi connectivity index (χ1) is 10.8. The summed E-state index contributed by atoms with van der Waals surface area (Å²) in [5.74, 6) is 0.336. The van der Waals surface area contributed by atoms with Crippen LogP contribution in [-0.4, -0.2) is 9.55 Å². The second-order valence-electron chi connectivity index (χ2n) is 5.01. The smallest absolute Gasteiger partial charge is 0.268 e. The van der Waals surface area contributed by atoms with Crippen molar-refractivity contribution in [2.24, 2.45) is 0 Å². The predicted molar refractivity (Wildman–Crippen MR) is 89.8 cm³/mol. The van der Waals surface area contributed by atoms with E-state index in [1.54, 1.807) is 19.1 Å².